The third-order valence-electron chi connectivity index (χ3n) is 3.62. The van der Waals surface area contributed by atoms with E-state index >= 15 is 0 Å². The van der Waals surface area contributed by atoms with Crippen molar-refractivity contribution in [3.05, 3.63) is 59.1 Å². The van der Waals surface area contributed by atoms with Gasteiger partial charge in [0, 0.05) is 18.2 Å². The molecule has 0 spiro atoms. The fraction of sp³-hybridized carbons (Fsp3) is 0.312. The minimum absolute atomic E-state index is 0.0975. The van der Waals surface area contributed by atoms with Gasteiger partial charge in [-0.25, -0.2) is 8.78 Å². The van der Waals surface area contributed by atoms with Crippen LogP contribution < -0.4 is 0 Å². The number of rotatable bonds is 5. The van der Waals surface area contributed by atoms with Gasteiger partial charge in [0.15, 0.2) is 5.78 Å². The van der Waals surface area contributed by atoms with Crippen LogP contribution in [0.25, 0.3) is 0 Å². The highest BCUT2D eigenvalue weighted by atomic mass is 19.1. The monoisotopic (exact) mass is 293 g/mol. The molecule has 0 radical (unpaired) electrons. The smallest absolute Gasteiger partial charge is 0.182 e. The molecule has 1 atom stereocenters. The van der Waals surface area contributed by atoms with Gasteiger partial charge < -0.3 is 4.42 Å². The van der Waals surface area contributed by atoms with Crippen LogP contribution in [0.5, 0.6) is 0 Å². The van der Waals surface area contributed by atoms with Crippen molar-refractivity contribution in [2.45, 2.75) is 26.4 Å². The predicted octanol–water partition coefficient (Wildman–Crippen LogP) is 3.57. The number of ketones is 1. The second-order valence-electron chi connectivity index (χ2n) is 5.08. The SMILES string of the molecule is Cc1occc1CN(C)C(C)C(=O)c1ccc(F)cc1F. The highest BCUT2D eigenvalue weighted by Gasteiger charge is 2.23. The van der Waals surface area contributed by atoms with Gasteiger partial charge in [-0.2, -0.15) is 0 Å². The Labute approximate surface area is 122 Å². The molecule has 0 aliphatic heterocycles. The average molecular weight is 293 g/mol. The van der Waals surface area contributed by atoms with Crippen LogP contribution >= 0.6 is 0 Å². The summed E-state index contributed by atoms with van der Waals surface area (Å²) < 4.78 is 31.8. The summed E-state index contributed by atoms with van der Waals surface area (Å²) >= 11 is 0. The lowest BCUT2D eigenvalue weighted by atomic mass is 10.0. The normalized spacial score (nSPS) is 12.7. The Morgan fingerprint density at radius 3 is 2.62 bits per heavy atom. The Bertz CT molecular complexity index is 651. The van der Waals surface area contributed by atoms with Gasteiger partial charge in [0.25, 0.3) is 0 Å². The van der Waals surface area contributed by atoms with E-state index in [9.17, 15) is 13.6 Å². The van der Waals surface area contributed by atoms with Gasteiger partial charge in [-0.15, -0.1) is 0 Å². The van der Waals surface area contributed by atoms with Crippen LogP contribution in [0.4, 0.5) is 8.78 Å². The second kappa shape index (κ2) is 6.18. The third-order valence-corrected chi connectivity index (χ3v) is 3.62. The molecule has 1 aromatic carbocycles. The molecular formula is C16H17F2NO2. The number of aryl methyl sites for hydroxylation is 1. The zero-order valence-corrected chi connectivity index (χ0v) is 12.2. The number of nitrogens with zero attached hydrogens (tertiary/aromatic N) is 1. The van der Waals surface area contributed by atoms with E-state index < -0.39 is 17.7 Å². The first-order valence-electron chi connectivity index (χ1n) is 6.62. The first-order chi connectivity index (χ1) is 9.90. The summed E-state index contributed by atoms with van der Waals surface area (Å²) in [6.07, 6.45) is 1.59. The topological polar surface area (TPSA) is 33.5 Å². The van der Waals surface area contributed by atoms with Gasteiger partial charge in [0.2, 0.25) is 0 Å². The minimum Gasteiger partial charge on any atom is -0.469 e. The Morgan fingerprint density at radius 2 is 2.05 bits per heavy atom. The van der Waals surface area contributed by atoms with Gasteiger partial charge in [-0.3, -0.25) is 9.69 Å². The van der Waals surface area contributed by atoms with E-state index in [1.165, 1.54) is 6.07 Å². The number of furan rings is 1. The molecule has 5 heteroatoms. The van der Waals surface area contributed by atoms with Gasteiger partial charge in [-0.1, -0.05) is 0 Å². The second-order valence-corrected chi connectivity index (χ2v) is 5.08. The Morgan fingerprint density at radius 1 is 1.33 bits per heavy atom. The van der Waals surface area contributed by atoms with Crippen molar-refractivity contribution in [3.63, 3.8) is 0 Å². The van der Waals surface area contributed by atoms with Gasteiger partial charge in [0.05, 0.1) is 17.9 Å². The molecule has 0 saturated carbocycles. The van der Waals surface area contributed by atoms with Crippen LogP contribution in [0.3, 0.4) is 0 Å². The molecule has 0 N–H and O–H groups in total. The van der Waals surface area contributed by atoms with Crippen molar-refractivity contribution in [1.82, 2.24) is 4.90 Å². The zero-order chi connectivity index (χ0) is 15.6. The highest BCUT2D eigenvalue weighted by molar-refractivity contribution is 6.00. The highest BCUT2D eigenvalue weighted by Crippen LogP contribution is 2.17. The van der Waals surface area contributed by atoms with Crippen LogP contribution in [-0.2, 0) is 6.54 Å². The van der Waals surface area contributed by atoms with Gasteiger partial charge >= 0.3 is 0 Å². The van der Waals surface area contributed by atoms with Crippen LogP contribution in [0.15, 0.2) is 34.9 Å². The maximum absolute atomic E-state index is 13.7. The van der Waals surface area contributed by atoms with Gasteiger partial charge in [-0.05, 0) is 39.1 Å². The molecule has 0 bridgehead atoms. The lowest BCUT2D eigenvalue weighted by Gasteiger charge is -2.23. The summed E-state index contributed by atoms with van der Waals surface area (Å²) in [6, 6.07) is 4.30. The number of hydrogen-bond acceptors (Lipinski definition) is 3. The maximum atomic E-state index is 13.7. The molecule has 1 heterocycles. The number of benzene rings is 1. The number of likely N-dealkylation sites (N-methyl/N-ethyl adjacent to an activating group) is 1. The Kier molecular flexibility index (Phi) is 4.53. The van der Waals surface area contributed by atoms with E-state index in [4.69, 9.17) is 4.42 Å². The lowest BCUT2D eigenvalue weighted by Crippen LogP contribution is -2.36. The fourth-order valence-corrected chi connectivity index (χ4v) is 2.10. The average Bonchev–Trinajstić information content (AvgIpc) is 2.82. The number of carbonyl (C=O) groups is 1. The molecule has 0 amide bonds. The Hall–Kier alpha value is -2.01. The van der Waals surface area contributed by atoms with Gasteiger partial charge in [0.1, 0.15) is 17.4 Å². The summed E-state index contributed by atoms with van der Waals surface area (Å²) in [7, 11) is 1.77. The first kappa shape index (κ1) is 15.4. The van der Waals surface area contributed by atoms with Crippen molar-refractivity contribution in [2.24, 2.45) is 0 Å². The summed E-state index contributed by atoms with van der Waals surface area (Å²) in [4.78, 5) is 14.1. The van der Waals surface area contributed by atoms with E-state index in [1.54, 1.807) is 25.1 Å². The molecule has 112 valence electrons. The third kappa shape index (κ3) is 3.36. The minimum atomic E-state index is -0.834. The quantitative estimate of drug-likeness (QED) is 0.790. The fourth-order valence-electron chi connectivity index (χ4n) is 2.10. The summed E-state index contributed by atoms with van der Waals surface area (Å²) in [5, 5.41) is 0. The van der Waals surface area contributed by atoms with E-state index in [0.29, 0.717) is 6.54 Å². The molecule has 2 aromatic rings. The molecule has 1 aromatic heterocycles. The number of carbonyl (C=O) groups excluding carboxylic acids is 1. The van der Waals surface area contributed by atoms with E-state index in [1.807, 2.05) is 13.0 Å². The number of Topliss-reactive ketones (excluding diaryl/α,β-unsaturated/α-hetero) is 1. The summed E-state index contributed by atoms with van der Waals surface area (Å²) in [6.45, 7) is 4.05. The molecular weight excluding hydrogens is 276 g/mol. The molecule has 0 fully saturated rings. The van der Waals surface area contributed by atoms with Crippen molar-refractivity contribution >= 4 is 5.78 Å². The Balaban J connectivity index is 2.13. The van der Waals surface area contributed by atoms with Crippen LogP contribution in [0.2, 0.25) is 0 Å². The molecule has 2 rings (SSSR count). The van der Waals surface area contributed by atoms with E-state index in [0.717, 1.165) is 23.5 Å². The van der Waals surface area contributed by atoms with Crippen LogP contribution in [0, 0.1) is 18.6 Å². The van der Waals surface area contributed by atoms with Crippen molar-refractivity contribution in [2.75, 3.05) is 7.05 Å². The number of halogens is 2. The van der Waals surface area contributed by atoms with Crippen LogP contribution in [-0.4, -0.2) is 23.8 Å². The van der Waals surface area contributed by atoms with E-state index in [-0.39, 0.29) is 11.3 Å². The predicted molar refractivity (Wildman–Crippen MR) is 75.1 cm³/mol. The molecule has 0 aliphatic rings. The molecule has 0 saturated heterocycles. The van der Waals surface area contributed by atoms with Crippen LogP contribution in [0.1, 0.15) is 28.6 Å². The maximum Gasteiger partial charge on any atom is 0.182 e. The van der Waals surface area contributed by atoms with Crippen molar-refractivity contribution in [1.29, 1.82) is 0 Å². The standard InChI is InChI=1S/C16H17F2NO2/c1-10(19(3)9-12-6-7-21-11(12)2)16(20)14-5-4-13(17)8-15(14)18/h4-8,10H,9H2,1-3H3. The molecule has 1 unspecified atom stereocenters. The molecule has 3 nitrogen and oxygen atoms in total. The van der Waals surface area contributed by atoms with Crippen molar-refractivity contribution < 1.29 is 18.0 Å². The first-order valence-corrected chi connectivity index (χ1v) is 6.62. The largest absolute Gasteiger partial charge is 0.469 e. The van der Waals surface area contributed by atoms with E-state index in [2.05, 4.69) is 0 Å². The summed E-state index contributed by atoms with van der Waals surface area (Å²) in [5.41, 5.74) is 0.872. The lowest BCUT2D eigenvalue weighted by molar-refractivity contribution is 0.0857. The summed E-state index contributed by atoms with van der Waals surface area (Å²) in [5.74, 6) is -1.12. The zero-order valence-electron chi connectivity index (χ0n) is 12.2. The van der Waals surface area contributed by atoms with Crippen molar-refractivity contribution in [3.8, 4) is 0 Å². The molecule has 21 heavy (non-hydrogen) atoms. The number of hydrogen-bond donors (Lipinski definition) is 0. The molecule has 0 aliphatic carbocycles.